The SMILES string of the molecule is CCN(CC)CCNCC1CCCC1C(=O)O. The van der Waals surface area contributed by atoms with Gasteiger partial charge in [0.2, 0.25) is 0 Å². The first-order valence-corrected chi connectivity index (χ1v) is 6.84. The zero-order valence-electron chi connectivity index (χ0n) is 11.1. The Morgan fingerprint density at radius 2 is 2.06 bits per heavy atom. The van der Waals surface area contributed by atoms with Crippen LogP contribution in [0, 0.1) is 11.8 Å². The topological polar surface area (TPSA) is 52.6 Å². The van der Waals surface area contributed by atoms with E-state index in [9.17, 15) is 4.79 Å². The van der Waals surface area contributed by atoms with E-state index in [-0.39, 0.29) is 5.92 Å². The highest BCUT2D eigenvalue weighted by atomic mass is 16.4. The Bertz CT molecular complexity index is 229. The minimum absolute atomic E-state index is 0.115. The highest BCUT2D eigenvalue weighted by molar-refractivity contribution is 5.70. The van der Waals surface area contributed by atoms with Gasteiger partial charge < -0.3 is 15.3 Å². The lowest BCUT2D eigenvalue weighted by Gasteiger charge is -2.20. The number of nitrogens with zero attached hydrogens (tertiary/aromatic N) is 1. The van der Waals surface area contributed by atoms with Crippen LogP contribution in [0.25, 0.3) is 0 Å². The summed E-state index contributed by atoms with van der Waals surface area (Å²) in [4.78, 5) is 13.4. The zero-order valence-corrected chi connectivity index (χ0v) is 11.1. The molecule has 1 aliphatic carbocycles. The molecule has 1 saturated carbocycles. The number of aliphatic carboxylic acids is 1. The summed E-state index contributed by atoms with van der Waals surface area (Å²) in [5.74, 6) is -0.391. The third-order valence-corrected chi connectivity index (χ3v) is 3.88. The van der Waals surface area contributed by atoms with Gasteiger partial charge in [-0.1, -0.05) is 20.3 Å². The van der Waals surface area contributed by atoms with Gasteiger partial charge in [-0.2, -0.15) is 0 Å². The Kier molecular flexibility index (Phi) is 6.52. The molecule has 0 aliphatic heterocycles. The van der Waals surface area contributed by atoms with E-state index in [0.717, 1.165) is 52.0 Å². The molecule has 2 atom stereocenters. The summed E-state index contributed by atoms with van der Waals surface area (Å²) in [5, 5.41) is 12.5. The number of carboxylic acids is 1. The molecular weight excluding hydrogens is 216 g/mol. The predicted octanol–water partition coefficient (Wildman–Crippen LogP) is 1.42. The maximum Gasteiger partial charge on any atom is 0.306 e. The molecular formula is C13H26N2O2. The number of carboxylic acid groups (broad SMARTS) is 1. The summed E-state index contributed by atoms with van der Waals surface area (Å²) < 4.78 is 0. The molecule has 1 fully saturated rings. The smallest absolute Gasteiger partial charge is 0.306 e. The van der Waals surface area contributed by atoms with Crippen molar-refractivity contribution < 1.29 is 9.90 Å². The molecule has 0 aromatic heterocycles. The van der Waals surface area contributed by atoms with Crippen LogP contribution in [-0.2, 0) is 4.79 Å². The maximum atomic E-state index is 11.0. The van der Waals surface area contributed by atoms with Gasteiger partial charge >= 0.3 is 5.97 Å². The van der Waals surface area contributed by atoms with Crippen molar-refractivity contribution in [3.05, 3.63) is 0 Å². The molecule has 4 heteroatoms. The first-order chi connectivity index (χ1) is 8.19. The molecule has 0 spiro atoms. The number of rotatable bonds is 8. The van der Waals surface area contributed by atoms with E-state index >= 15 is 0 Å². The first-order valence-electron chi connectivity index (χ1n) is 6.84. The van der Waals surface area contributed by atoms with Crippen LogP contribution in [0.4, 0.5) is 0 Å². The van der Waals surface area contributed by atoms with Crippen molar-refractivity contribution in [2.45, 2.75) is 33.1 Å². The molecule has 0 radical (unpaired) electrons. The second-order valence-corrected chi connectivity index (χ2v) is 4.87. The van der Waals surface area contributed by atoms with Crippen molar-refractivity contribution >= 4 is 5.97 Å². The zero-order chi connectivity index (χ0) is 12.7. The monoisotopic (exact) mass is 242 g/mol. The van der Waals surface area contributed by atoms with Crippen molar-refractivity contribution in [2.75, 3.05) is 32.7 Å². The summed E-state index contributed by atoms with van der Waals surface area (Å²) in [5.41, 5.74) is 0. The highest BCUT2D eigenvalue weighted by Crippen LogP contribution is 2.31. The Balaban J connectivity index is 2.15. The Labute approximate surface area is 104 Å². The fourth-order valence-electron chi connectivity index (χ4n) is 2.67. The van der Waals surface area contributed by atoms with Crippen LogP contribution in [0.1, 0.15) is 33.1 Å². The summed E-state index contributed by atoms with van der Waals surface area (Å²) >= 11 is 0. The van der Waals surface area contributed by atoms with Crippen LogP contribution in [0.2, 0.25) is 0 Å². The average molecular weight is 242 g/mol. The third kappa shape index (κ3) is 4.64. The predicted molar refractivity (Wildman–Crippen MR) is 69.1 cm³/mol. The lowest BCUT2D eigenvalue weighted by atomic mass is 9.96. The summed E-state index contributed by atoms with van der Waals surface area (Å²) in [7, 11) is 0. The van der Waals surface area contributed by atoms with Gasteiger partial charge in [0.05, 0.1) is 5.92 Å². The molecule has 17 heavy (non-hydrogen) atoms. The van der Waals surface area contributed by atoms with Crippen LogP contribution >= 0.6 is 0 Å². The van der Waals surface area contributed by atoms with Gasteiger partial charge in [-0.25, -0.2) is 0 Å². The molecule has 100 valence electrons. The first kappa shape index (κ1) is 14.5. The van der Waals surface area contributed by atoms with Crippen LogP contribution in [-0.4, -0.2) is 48.7 Å². The Morgan fingerprint density at radius 3 is 2.65 bits per heavy atom. The van der Waals surface area contributed by atoms with E-state index in [1.54, 1.807) is 0 Å². The Hall–Kier alpha value is -0.610. The number of hydrogen-bond donors (Lipinski definition) is 2. The largest absolute Gasteiger partial charge is 0.481 e. The highest BCUT2D eigenvalue weighted by Gasteiger charge is 2.32. The minimum atomic E-state index is -0.613. The fraction of sp³-hybridized carbons (Fsp3) is 0.923. The van der Waals surface area contributed by atoms with Crippen LogP contribution in [0.3, 0.4) is 0 Å². The molecule has 2 N–H and O–H groups in total. The molecule has 1 aliphatic rings. The molecule has 0 heterocycles. The van der Waals surface area contributed by atoms with Gasteiger partial charge in [-0.15, -0.1) is 0 Å². The fourth-order valence-corrected chi connectivity index (χ4v) is 2.67. The number of carbonyl (C=O) groups is 1. The summed E-state index contributed by atoms with van der Waals surface area (Å²) in [6.45, 7) is 9.38. The van der Waals surface area contributed by atoms with E-state index in [1.165, 1.54) is 0 Å². The lowest BCUT2D eigenvalue weighted by molar-refractivity contribution is -0.142. The lowest BCUT2D eigenvalue weighted by Crippen LogP contribution is -2.35. The molecule has 0 amide bonds. The van der Waals surface area contributed by atoms with Crippen molar-refractivity contribution in [1.29, 1.82) is 0 Å². The standard InChI is InChI=1S/C13H26N2O2/c1-3-15(4-2)9-8-14-10-11-6-5-7-12(11)13(16)17/h11-12,14H,3-10H2,1-2H3,(H,16,17). The average Bonchev–Trinajstić information content (AvgIpc) is 2.78. The second kappa shape index (κ2) is 7.67. The molecule has 4 nitrogen and oxygen atoms in total. The van der Waals surface area contributed by atoms with Gasteiger partial charge in [0, 0.05) is 13.1 Å². The van der Waals surface area contributed by atoms with E-state index in [0.29, 0.717) is 5.92 Å². The van der Waals surface area contributed by atoms with Gasteiger partial charge in [0.15, 0.2) is 0 Å². The van der Waals surface area contributed by atoms with Crippen molar-refractivity contribution in [2.24, 2.45) is 11.8 Å². The number of hydrogen-bond acceptors (Lipinski definition) is 3. The molecule has 0 bridgehead atoms. The van der Waals surface area contributed by atoms with Gasteiger partial charge in [-0.3, -0.25) is 4.79 Å². The molecule has 1 rings (SSSR count). The van der Waals surface area contributed by atoms with Gasteiger partial charge in [0.1, 0.15) is 0 Å². The third-order valence-electron chi connectivity index (χ3n) is 3.88. The van der Waals surface area contributed by atoms with Crippen LogP contribution < -0.4 is 5.32 Å². The summed E-state index contributed by atoms with van der Waals surface area (Å²) in [6.07, 6.45) is 2.99. The number of nitrogens with one attached hydrogen (secondary N) is 1. The second-order valence-electron chi connectivity index (χ2n) is 4.87. The maximum absolute atomic E-state index is 11.0. The molecule has 0 aromatic rings. The van der Waals surface area contributed by atoms with E-state index in [1.807, 2.05) is 0 Å². The van der Waals surface area contributed by atoms with E-state index < -0.39 is 5.97 Å². The van der Waals surface area contributed by atoms with Crippen LogP contribution in [0.5, 0.6) is 0 Å². The van der Waals surface area contributed by atoms with Crippen LogP contribution in [0.15, 0.2) is 0 Å². The van der Waals surface area contributed by atoms with Gasteiger partial charge in [-0.05, 0) is 38.4 Å². The molecule has 2 unspecified atom stereocenters. The normalized spacial score (nSPS) is 24.4. The van der Waals surface area contributed by atoms with Crippen molar-refractivity contribution in [1.82, 2.24) is 10.2 Å². The summed E-state index contributed by atoms with van der Waals surface area (Å²) in [6, 6.07) is 0. The van der Waals surface area contributed by atoms with E-state index in [2.05, 4.69) is 24.1 Å². The van der Waals surface area contributed by atoms with E-state index in [4.69, 9.17) is 5.11 Å². The van der Waals surface area contributed by atoms with Gasteiger partial charge in [0.25, 0.3) is 0 Å². The quantitative estimate of drug-likeness (QED) is 0.632. The van der Waals surface area contributed by atoms with Crippen molar-refractivity contribution in [3.8, 4) is 0 Å². The molecule has 0 aromatic carbocycles. The minimum Gasteiger partial charge on any atom is -0.481 e. The molecule has 0 saturated heterocycles. The number of likely N-dealkylation sites (N-methyl/N-ethyl adjacent to an activating group) is 1. The van der Waals surface area contributed by atoms with Crippen molar-refractivity contribution in [3.63, 3.8) is 0 Å². The Morgan fingerprint density at radius 1 is 1.35 bits per heavy atom.